The van der Waals surface area contributed by atoms with Gasteiger partial charge in [-0.2, -0.15) is 0 Å². The van der Waals surface area contributed by atoms with Gasteiger partial charge < -0.3 is 0 Å². The Kier molecular flexibility index (Phi) is 7.67. The molecule has 0 aliphatic carbocycles. The first-order valence-electron chi connectivity index (χ1n) is 17.8. The number of aromatic nitrogens is 3. The normalized spacial score (nSPS) is 11.4. The third-order valence-corrected chi connectivity index (χ3v) is 11.1. The highest BCUT2D eigenvalue weighted by molar-refractivity contribution is 7.26. The summed E-state index contributed by atoms with van der Waals surface area (Å²) < 4.78 is 2.55. The molecule has 3 nitrogen and oxygen atoms in total. The van der Waals surface area contributed by atoms with Crippen LogP contribution in [0.1, 0.15) is 0 Å². The van der Waals surface area contributed by atoms with Gasteiger partial charge in [-0.15, -0.1) is 11.3 Å². The van der Waals surface area contributed by atoms with Crippen LogP contribution in [0.4, 0.5) is 0 Å². The molecule has 0 unspecified atom stereocenters. The van der Waals surface area contributed by atoms with Crippen LogP contribution in [0.2, 0.25) is 0 Å². The molecule has 3 aromatic heterocycles. The molecule has 4 heteroatoms. The molecule has 10 rings (SSSR count). The second-order valence-electron chi connectivity index (χ2n) is 13.2. The molecular formula is C49H31N3S. The molecule has 0 atom stereocenters. The predicted octanol–water partition coefficient (Wildman–Crippen LogP) is 13.4. The molecule has 0 fully saturated rings. The van der Waals surface area contributed by atoms with Crippen LogP contribution in [0, 0.1) is 0 Å². The Morgan fingerprint density at radius 1 is 0.340 bits per heavy atom. The number of rotatable bonds is 6. The van der Waals surface area contributed by atoms with Crippen molar-refractivity contribution in [1.29, 1.82) is 0 Å². The van der Waals surface area contributed by atoms with E-state index in [1.165, 1.54) is 36.7 Å². The number of nitrogens with zero attached hydrogens (tertiary/aromatic N) is 3. The Hall–Kier alpha value is -6.75. The molecule has 0 radical (unpaired) electrons. The quantitative estimate of drug-likeness (QED) is 0.174. The van der Waals surface area contributed by atoms with Crippen molar-refractivity contribution in [2.75, 3.05) is 0 Å². The lowest BCUT2D eigenvalue weighted by Gasteiger charge is -2.11. The summed E-state index contributed by atoms with van der Waals surface area (Å²) in [6.45, 7) is 0. The topological polar surface area (TPSA) is 38.7 Å². The Labute approximate surface area is 311 Å². The van der Waals surface area contributed by atoms with Gasteiger partial charge in [-0.3, -0.25) is 0 Å². The number of hydrogen-bond donors (Lipinski definition) is 0. The van der Waals surface area contributed by atoms with Gasteiger partial charge in [-0.1, -0.05) is 170 Å². The molecule has 53 heavy (non-hydrogen) atoms. The van der Waals surface area contributed by atoms with E-state index in [1.54, 1.807) is 0 Å². The van der Waals surface area contributed by atoms with E-state index in [0.29, 0.717) is 5.82 Å². The maximum absolute atomic E-state index is 5.33. The molecule has 0 saturated carbocycles. The van der Waals surface area contributed by atoms with E-state index >= 15 is 0 Å². The fourth-order valence-electron chi connectivity index (χ4n) is 7.20. The summed E-state index contributed by atoms with van der Waals surface area (Å²) >= 11 is 1.85. The van der Waals surface area contributed by atoms with Crippen LogP contribution in [-0.4, -0.2) is 15.0 Å². The number of benzene rings is 7. The summed E-state index contributed by atoms with van der Waals surface area (Å²) in [5.41, 5.74) is 12.6. The highest BCUT2D eigenvalue weighted by atomic mass is 32.1. The number of hydrogen-bond acceptors (Lipinski definition) is 4. The third kappa shape index (κ3) is 5.76. The molecule has 0 aliphatic rings. The maximum Gasteiger partial charge on any atom is 0.160 e. The number of fused-ring (bicyclic) bond motifs is 5. The van der Waals surface area contributed by atoms with Crippen molar-refractivity contribution in [3.63, 3.8) is 0 Å². The zero-order chi connectivity index (χ0) is 35.1. The average molecular weight is 694 g/mol. The van der Waals surface area contributed by atoms with Crippen LogP contribution in [0.3, 0.4) is 0 Å². The smallest absolute Gasteiger partial charge is 0.160 e. The fraction of sp³-hybridized carbons (Fsp3) is 0. The Morgan fingerprint density at radius 3 is 1.51 bits per heavy atom. The lowest BCUT2D eigenvalue weighted by molar-refractivity contribution is 1.18. The second kappa shape index (κ2) is 13.1. The van der Waals surface area contributed by atoms with Crippen molar-refractivity contribution in [2.24, 2.45) is 0 Å². The summed E-state index contributed by atoms with van der Waals surface area (Å²) in [5, 5.41) is 3.66. The molecule has 0 saturated heterocycles. The minimum Gasteiger partial charge on any atom is -0.247 e. The van der Waals surface area contributed by atoms with Gasteiger partial charge in [0.05, 0.1) is 22.6 Å². The molecule has 0 spiro atoms. The van der Waals surface area contributed by atoms with Gasteiger partial charge in [0, 0.05) is 47.8 Å². The van der Waals surface area contributed by atoms with Crippen molar-refractivity contribution < 1.29 is 0 Å². The van der Waals surface area contributed by atoms with E-state index in [1.807, 2.05) is 35.6 Å². The van der Waals surface area contributed by atoms with Crippen molar-refractivity contribution in [1.82, 2.24) is 15.0 Å². The first-order chi connectivity index (χ1) is 26.2. The highest BCUT2D eigenvalue weighted by Crippen LogP contribution is 2.43. The lowest BCUT2D eigenvalue weighted by Crippen LogP contribution is -1.96. The fourth-order valence-corrected chi connectivity index (χ4v) is 8.44. The van der Waals surface area contributed by atoms with E-state index in [9.17, 15) is 0 Å². The minimum atomic E-state index is 0.694. The van der Waals surface area contributed by atoms with Crippen molar-refractivity contribution in [3.05, 3.63) is 188 Å². The molecule has 248 valence electrons. The SMILES string of the molecule is c1ccc(-c2ccc(-c3cc(-c4ccccc4)nc(-c4ccc(-c5ccc6c(c5)nc(-c5ccccc5)c5c7ccccc7sc65)cc4)n3)cc2)cc1. The third-order valence-electron chi connectivity index (χ3n) is 9.91. The van der Waals surface area contributed by atoms with Crippen LogP contribution >= 0.6 is 11.3 Å². The molecule has 7 aromatic carbocycles. The van der Waals surface area contributed by atoms with Crippen LogP contribution in [0.25, 0.3) is 98.5 Å². The first-order valence-corrected chi connectivity index (χ1v) is 18.6. The van der Waals surface area contributed by atoms with Gasteiger partial charge in [-0.05, 0) is 40.5 Å². The highest BCUT2D eigenvalue weighted by Gasteiger charge is 2.17. The van der Waals surface area contributed by atoms with Crippen LogP contribution in [0.15, 0.2) is 188 Å². The lowest BCUT2D eigenvalue weighted by atomic mass is 9.99. The van der Waals surface area contributed by atoms with Gasteiger partial charge in [0.1, 0.15) is 0 Å². The van der Waals surface area contributed by atoms with E-state index < -0.39 is 0 Å². The largest absolute Gasteiger partial charge is 0.247 e. The predicted molar refractivity (Wildman–Crippen MR) is 223 cm³/mol. The van der Waals surface area contributed by atoms with E-state index in [4.69, 9.17) is 15.0 Å². The van der Waals surface area contributed by atoms with Gasteiger partial charge in [0.25, 0.3) is 0 Å². The first kappa shape index (κ1) is 31.0. The molecule has 10 aromatic rings. The van der Waals surface area contributed by atoms with Crippen LogP contribution < -0.4 is 0 Å². The van der Waals surface area contributed by atoms with Crippen molar-refractivity contribution >= 4 is 42.4 Å². The van der Waals surface area contributed by atoms with Gasteiger partial charge in [0.2, 0.25) is 0 Å². The zero-order valence-electron chi connectivity index (χ0n) is 28.6. The van der Waals surface area contributed by atoms with Crippen molar-refractivity contribution in [3.8, 4) is 67.4 Å². The summed E-state index contributed by atoms with van der Waals surface area (Å²) in [7, 11) is 0. The van der Waals surface area contributed by atoms with E-state index in [0.717, 1.165) is 56.0 Å². The number of pyridine rings is 1. The minimum absolute atomic E-state index is 0.694. The van der Waals surface area contributed by atoms with Crippen LogP contribution in [0.5, 0.6) is 0 Å². The second-order valence-corrected chi connectivity index (χ2v) is 14.3. The monoisotopic (exact) mass is 693 g/mol. The van der Waals surface area contributed by atoms with Crippen LogP contribution in [-0.2, 0) is 0 Å². The maximum atomic E-state index is 5.33. The summed E-state index contributed by atoms with van der Waals surface area (Å²) in [6.07, 6.45) is 0. The molecule has 0 N–H and O–H groups in total. The summed E-state index contributed by atoms with van der Waals surface area (Å²) in [6, 6.07) is 66.0. The van der Waals surface area contributed by atoms with Gasteiger partial charge in [-0.25, -0.2) is 15.0 Å². The van der Waals surface area contributed by atoms with Gasteiger partial charge in [0.15, 0.2) is 5.82 Å². The molecule has 0 aliphatic heterocycles. The standard InChI is InChI=1S/C49H31N3S/c1-4-12-32(13-5-1)33-20-24-36(25-21-33)43-31-42(35-14-6-2-7-15-35)51-49(52-43)38-26-22-34(23-27-38)39-28-29-40-44(30-39)50-47(37-16-8-3-9-17-37)46-41-18-10-11-19-45(41)53-48(40)46/h1-31H. The Balaban J connectivity index is 1.04. The summed E-state index contributed by atoms with van der Waals surface area (Å²) in [5.74, 6) is 0.694. The Bertz CT molecular complexity index is 2900. The average Bonchev–Trinajstić information content (AvgIpc) is 3.64. The van der Waals surface area contributed by atoms with E-state index in [-0.39, 0.29) is 0 Å². The van der Waals surface area contributed by atoms with E-state index in [2.05, 4.69) is 164 Å². The molecule has 0 amide bonds. The zero-order valence-corrected chi connectivity index (χ0v) is 29.5. The Morgan fingerprint density at radius 2 is 0.830 bits per heavy atom. The van der Waals surface area contributed by atoms with Crippen molar-refractivity contribution in [2.45, 2.75) is 0 Å². The molecular weight excluding hydrogens is 663 g/mol. The molecule has 0 bridgehead atoms. The van der Waals surface area contributed by atoms with Gasteiger partial charge >= 0.3 is 0 Å². The number of thiophene rings is 1. The summed E-state index contributed by atoms with van der Waals surface area (Å²) in [4.78, 5) is 15.5. The molecule has 3 heterocycles.